The van der Waals surface area contributed by atoms with Gasteiger partial charge in [-0.3, -0.25) is 9.35 Å². The molecular weight excluding hydrogens is 434 g/mol. The van der Waals surface area contributed by atoms with E-state index in [-0.39, 0.29) is 16.7 Å². The summed E-state index contributed by atoms with van der Waals surface area (Å²) >= 11 is 0. The van der Waals surface area contributed by atoms with Gasteiger partial charge in [-0.05, 0) is 48.4 Å². The molecule has 31 heavy (non-hydrogen) atoms. The number of halogens is 2. The van der Waals surface area contributed by atoms with Gasteiger partial charge < -0.3 is 9.47 Å². The van der Waals surface area contributed by atoms with Gasteiger partial charge in [0.1, 0.15) is 5.75 Å². The van der Waals surface area contributed by atoms with Crippen LogP contribution in [-0.2, 0) is 19.6 Å². The average molecular weight is 465 g/mol. The lowest BCUT2D eigenvalue weighted by Gasteiger charge is -2.43. The molecule has 0 fully saturated rings. The van der Waals surface area contributed by atoms with Crippen molar-refractivity contribution < 1.29 is 40.8 Å². The van der Waals surface area contributed by atoms with Crippen molar-refractivity contribution in [1.82, 2.24) is 0 Å². The maximum atomic E-state index is 13.2. The molecule has 0 saturated heterocycles. The molecule has 0 aliphatic rings. The molecule has 0 amide bonds. The van der Waals surface area contributed by atoms with Gasteiger partial charge in [0.2, 0.25) is 0 Å². The molecule has 0 saturated carbocycles. The van der Waals surface area contributed by atoms with Crippen molar-refractivity contribution in [1.29, 1.82) is 0 Å². The SMILES string of the molecule is CC(C)(C)CC(C)(C(=O)Oc1ccc(C(=O)OCC(F)(F)S(=O)(=O)O)cc1)C(C)(C)C. The lowest BCUT2D eigenvalue weighted by Crippen LogP contribution is -2.45. The van der Waals surface area contributed by atoms with E-state index < -0.39 is 44.7 Å². The minimum absolute atomic E-state index is 0.140. The summed E-state index contributed by atoms with van der Waals surface area (Å²) in [4.78, 5) is 24.9. The Morgan fingerprint density at radius 3 is 1.84 bits per heavy atom. The number of esters is 2. The first kappa shape index (κ1) is 27.0. The second-order valence-corrected chi connectivity index (χ2v) is 11.5. The van der Waals surface area contributed by atoms with Crippen molar-refractivity contribution >= 4 is 22.1 Å². The van der Waals surface area contributed by atoms with Crippen LogP contribution >= 0.6 is 0 Å². The van der Waals surface area contributed by atoms with E-state index in [1.54, 1.807) is 0 Å². The molecule has 0 spiro atoms. The Labute approximate surface area is 181 Å². The van der Waals surface area contributed by atoms with E-state index in [1.165, 1.54) is 24.3 Å². The lowest BCUT2D eigenvalue weighted by molar-refractivity contribution is -0.154. The number of hydrogen-bond acceptors (Lipinski definition) is 6. The average Bonchev–Trinajstić information content (AvgIpc) is 2.56. The molecule has 176 valence electrons. The van der Waals surface area contributed by atoms with Crippen LogP contribution < -0.4 is 4.74 Å². The highest BCUT2D eigenvalue weighted by molar-refractivity contribution is 7.86. The zero-order valence-corrected chi connectivity index (χ0v) is 19.6. The van der Waals surface area contributed by atoms with Crippen LogP contribution in [0.25, 0.3) is 0 Å². The molecule has 1 rings (SSSR count). The smallest absolute Gasteiger partial charge is 0.402 e. The largest absolute Gasteiger partial charge is 0.454 e. The third-order valence-corrected chi connectivity index (χ3v) is 5.91. The van der Waals surface area contributed by atoms with Crippen molar-refractivity contribution in [3.63, 3.8) is 0 Å². The highest BCUT2D eigenvalue weighted by atomic mass is 32.2. The molecule has 1 atom stereocenters. The van der Waals surface area contributed by atoms with Crippen LogP contribution in [0, 0.1) is 16.2 Å². The fraction of sp³-hybridized carbons (Fsp3) is 0.619. The van der Waals surface area contributed by atoms with E-state index in [2.05, 4.69) is 4.74 Å². The molecule has 0 aromatic heterocycles. The van der Waals surface area contributed by atoms with Crippen LogP contribution in [0.5, 0.6) is 5.75 Å². The lowest BCUT2D eigenvalue weighted by atomic mass is 9.61. The topological polar surface area (TPSA) is 107 Å². The molecule has 0 aliphatic heterocycles. The first-order chi connectivity index (χ1) is 13.7. The molecule has 7 nitrogen and oxygen atoms in total. The molecular formula is C21H30F2O7S. The predicted molar refractivity (Wildman–Crippen MR) is 110 cm³/mol. The molecule has 0 radical (unpaired) electrons. The molecule has 0 heterocycles. The van der Waals surface area contributed by atoms with Gasteiger partial charge in [-0.1, -0.05) is 41.5 Å². The molecule has 1 aromatic carbocycles. The molecule has 0 bridgehead atoms. The summed E-state index contributed by atoms with van der Waals surface area (Å²) < 4.78 is 65.6. The first-order valence-corrected chi connectivity index (χ1v) is 11.0. The van der Waals surface area contributed by atoms with Gasteiger partial charge in [-0.25, -0.2) is 4.79 Å². The van der Waals surface area contributed by atoms with E-state index in [4.69, 9.17) is 9.29 Å². The number of carbonyl (C=O) groups is 2. The zero-order chi connectivity index (χ0) is 24.5. The maximum Gasteiger partial charge on any atom is 0.402 e. The van der Waals surface area contributed by atoms with Crippen LogP contribution in [0.4, 0.5) is 8.78 Å². The Morgan fingerprint density at radius 2 is 1.45 bits per heavy atom. The van der Waals surface area contributed by atoms with Gasteiger partial charge in [0.15, 0.2) is 6.61 Å². The molecule has 0 aliphatic carbocycles. The first-order valence-electron chi connectivity index (χ1n) is 9.54. The highest BCUT2D eigenvalue weighted by Gasteiger charge is 2.48. The standard InChI is InChI=1S/C21H30F2O7S/c1-18(2,3)12-20(7,19(4,5)6)17(25)30-15-10-8-14(9-11-15)16(24)29-13-21(22,23)31(26,27)28/h8-11H,12-13H2,1-7H3,(H,26,27,28). The maximum absolute atomic E-state index is 13.2. The predicted octanol–water partition coefficient (Wildman–Crippen LogP) is 4.72. The Hall–Kier alpha value is -2.07. The number of ether oxygens (including phenoxy) is 2. The number of alkyl halides is 2. The normalized spacial score (nSPS) is 15.2. The Kier molecular flexibility index (Phi) is 7.67. The number of rotatable bonds is 7. The Bertz CT molecular complexity index is 911. The third-order valence-electron chi connectivity index (χ3n) is 5.04. The fourth-order valence-corrected chi connectivity index (χ4v) is 3.10. The van der Waals surface area contributed by atoms with E-state index in [1.807, 2.05) is 48.5 Å². The van der Waals surface area contributed by atoms with E-state index in [0.717, 1.165) is 0 Å². The van der Waals surface area contributed by atoms with E-state index in [9.17, 15) is 26.8 Å². The molecule has 1 N–H and O–H groups in total. The summed E-state index contributed by atoms with van der Waals surface area (Å²) in [7, 11) is -5.71. The Morgan fingerprint density at radius 1 is 0.968 bits per heavy atom. The quantitative estimate of drug-likeness (QED) is 0.353. The van der Waals surface area contributed by atoms with Crippen LogP contribution in [0.3, 0.4) is 0 Å². The summed E-state index contributed by atoms with van der Waals surface area (Å²) in [6, 6.07) is 4.98. The van der Waals surface area contributed by atoms with Gasteiger partial charge in [-0.15, -0.1) is 0 Å². The van der Waals surface area contributed by atoms with Gasteiger partial charge in [0.25, 0.3) is 0 Å². The van der Waals surface area contributed by atoms with Crippen LogP contribution in [-0.4, -0.2) is 36.8 Å². The summed E-state index contributed by atoms with van der Waals surface area (Å²) in [6.07, 6.45) is 0.564. The summed E-state index contributed by atoms with van der Waals surface area (Å²) in [5, 5.41) is -4.62. The monoisotopic (exact) mass is 464 g/mol. The van der Waals surface area contributed by atoms with Crippen molar-refractivity contribution in [3.05, 3.63) is 29.8 Å². The fourth-order valence-electron chi connectivity index (χ4n) is 2.89. The highest BCUT2D eigenvalue weighted by Crippen LogP contribution is 2.47. The van der Waals surface area contributed by atoms with Crippen LogP contribution in [0.15, 0.2) is 24.3 Å². The summed E-state index contributed by atoms with van der Waals surface area (Å²) in [5.74, 6) is -1.53. The van der Waals surface area contributed by atoms with Gasteiger partial charge >= 0.3 is 27.3 Å². The second kappa shape index (κ2) is 8.82. The summed E-state index contributed by atoms with van der Waals surface area (Å²) in [5.41, 5.74) is -1.53. The minimum Gasteiger partial charge on any atom is -0.454 e. The molecule has 10 heteroatoms. The summed E-state index contributed by atoms with van der Waals surface area (Å²) in [6.45, 7) is 11.9. The Balaban J connectivity index is 2.94. The number of benzene rings is 1. The van der Waals surface area contributed by atoms with Crippen LogP contribution in [0.2, 0.25) is 0 Å². The van der Waals surface area contributed by atoms with Gasteiger partial charge in [-0.2, -0.15) is 17.2 Å². The van der Waals surface area contributed by atoms with E-state index >= 15 is 0 Å². The van der Waals surface area contributed by atoms with Gasteiger partial charge in [0.05, 0.1) is 11.0 Å². The van der Waals surface area contributed by atoms with Crippen molar-refractivity contribution in [3.8, 4) is 5.75 Å². The van der Waals surface area contributed by atoms with Gasteiger partial charge in [0, 0.05) is 0 Å². The van der Waals surface area contributed by atoms with Crippen molar-refractivity contribution in [2.24, 2.45) is 16.2 Å². The zero-order valence-electron chi connectivity index (χ0n) is 18.8. The minimum atomic E-state index is -5.71. The number of carbonyl (C=O) groups excluding carboxylic acids is 2. The van der Waals surface area contributed by atoms with Crippen molar-refractivity contribution in [2.45, 2.75) is 60.1 Å². The number of hydrogen-bond donors (Lipinski definition) is 1. The molecule has 1 aromatic rings. The molecule has 1 unspecified atom stereocenters. The second-order valence-electron chi connectivity index (χ2n) is 9.92. The van der Waals surface area contributed by atoms with Crippen molar-refractivity contribution in [2.75, 3.05) is 6.61 Å². The third kappa shape index (κ3) is 6.96. The van der Waals surface area contributed by atoms with Crippen LogP contribution in [0.1, 0.15) is 65.2 Å². The van der Waals surface area contributed by atoms with E-state index in [0.29, 0.717) is 6.42 Å².